The number of hydrogen-bond acceptors (Lipinski definition) is 3. The van der Waals surface area contributed by atoms with Crippen LogP contribution in [-0.2, 0) is 16.8 Å². The number of hydrogen-bond donors (Lipinski definition) is 0. The topological polar surface area (TPSA) is 69.2 Å². The van der Waals surface area contributed by atoms with Gasteiger partial charge in [0.05, 0.1) is 0 Å². The van der Waals surface area contributed by atoms with Crippen molar-refractivity contribution in [2.24, 2.45) is 0 Å². The molecule has 0 fully saturated rings. The minimum absolute atomic E-state index is 0. The zero-order valence-electron chi connectivity index (χ0n) is 18.2. The molecule has 0 aliphatic heterocycles. The van der Waals surface area contributed by atoms with E-state index < -0.39 is 0 Å². The average Bonchev–Trinajstić information content (AvgIpc) is 2.86. The molecule has 0 spiro atoms. The molecule has 0 unspecified atom stereocenters. The number of rotatable bonds is 0. The molecule has 0 aliphatic carbocycles. The maximum atomic E-state index is 11.2. The van der Waals surface area contributed by atoms with Crippen LogP contribution in [0, 0.1) is 0 Å². The van der Waals surface area contributed by atoms with Crippen LogP contribution in [0.1, 0.15) is 0 Å². The van der Waals surface area contributed by atoms with E-state index >= 15 is 0 Å². The second-order valence-electron chi connectivity index (χ2n) is 7.43. The Hall–Kier alpha value is -3.99. The maximum absolute atomic E-state index is 11.2. The van der Waals surface area contributed by atoms with Gasteiger partial charge in [0.2, 0.25) is 0 Å². The largest absolute Gasteiger partial charge is 3.00 e. The molecule has 3 nitrogen and oxygen atoms in total. The Morgan fingerprint density at radius 3 is 0.794 bits per heavy atom. The fourth-order valence-corrected chi connectivity index (χ4v) is 3.59. The predicted octanol–water partition coefficient (Wildman–Crippen LogP) is 5.74. The van der Waals surface area contributed by atoms with Crippen LogP contribution in [0.3, 0.4) is 0 Å². The van der Waals surface area contributed by atoms with Gasteiger partial charge in [-0.05, 0) is 32.3 Å². The Labute approximate surface area is 208 Å². The summed E-state index contributed by atoms with van der Waals surface area (Å²) in [5.74, 6) is 0.300. The Morgan fingerprint density at radius 2 is 0.529 bits per heavy atom. The second kappa shape index (κ2) is 11.7. The van der Waals surface area contributed by atoms with Crippen molar-refractivity contribution in [1.82, 2.24) is 0 Å². The summed E-state index contributed by atoms with van der Waals surface area (Å²) < 4.78 is 0. The van der Waals surface area contributed by atoms with Crippen molar-refractivity contribution in [3.8, 4) is 17.2 Å². The summed E-state index contributed by atoms with van der Waals surface area (Å²) in [6.45, 7) is 0. The Morgan fingerprint density at radius 1 is 0.294 bits per heavy atom. The fourth-order valence-electron chi connectivity index (χ4n) is 3.59. The van der Waals surface area contributed by atoms with Gasteiger partial charge < -0.3 is 15.3 Å². The normalized spacial score (nSPS) is 9.88. The van der Waals surface area contributed by atoms with Gasteiger partial charge in [0.15, 0.2) is 0 Å². The zero-order chi connectivity index (χ0) is 23.0. The molecule has 6 aromatic carbocycles. The minimum atomic E-state index is 0. The molecule has 0 saturated heterocycles. The molecule has 6 aromatic rings. The summed E-state index contributed by atoms with van der Waals surface area (Å²) in [7, 11) is 0. The van der Waals surface area contributed by atoms with Crippen LogP contribution in [0.4, 0.5) is 0 Å². The van der Waals surface area contributed by atoms with Gasteiger partial charge in [-0.2, -0.15) is 0 Å². The molecule has 0 N–H and O–H groups in total. The molecule has 34 heavy (non-hydrogen) atoms. The number of benzene rings is 6. The van der Waals surface area contributed by atoms with Gasteiger partial charge in [-0.3, -0.25) is 0 Å². The first kappa shape index (κ1) is 24.6. The van der Waals surface area contributed by atoms with Crippen molar-refractivity contribution in [2.75, 3.05) is 0 Å². The number of fused-ring (bicyclic) bond motifs is 3. The Kier molecular flexibility index (Phi) is 8.52. The zero-order valence-corrected chi connectivity index (χ0v) is 19.2. The molecule has 0 atom stereocenters. The van der Waals surface area contributed by atoms with E-state index in [2.05, 4.69) is 0 Å². The molecular formula is C30H21CoO3. The van der Waals surface area contributed by atoms with Crippen LogP contribution in [0.25, 0.3) is 32.3 Å². The third kappa shape index (κ3) is 5.87. The first-order valence-corrected chi connectivity index (χ1v) is 10.6. The van der Waals surface area contributed by atoms with Crippen LogP contribution >= 0.6 is 0 Å². The Bertz CT molecular complexity index is 1310. The molecule has 6 rings (SSSR count). The quantitative estimate of drug-likeness (QED) is 0.274. The summed E-state index contributed by atoms with van der Waals surface area (Å²) in [5, 5.41) is 39.0. The average molecular weight is 488 g/mol. The van der Waals surface area contributed by atoms with Crippen LogP contribution in [-0.4, -0.2) is 0 Å². The van der Waals surface area contributed by atoms with Crippen molar-refractivity contribution >= 4 is 32.3 Å². The van der Waals surface area contributed by atoms with Crippen LogP contribution < -0.4 is 15.3 Å². The van der Waals surface area contributed by atoms with E-state index in [1.165, 1.54) is 0 Å². The van der Waals surface area contributed by atoms with E-state index in [-0.39, 0.29) is 34.0 Å². The molecule has 0 aromatic heterocycles. The van der Waals surface area contributed by atoms with Crippen molar-refractivity contribution in [1.29, 1.82) is 0 Å². The van der Waals surface area contributed by atoms with Crippen molar-refractivity contribution in [3.63, 3.8) is 0 Å². The van der Waals surface area contributed by atoms with Gasteiger partial charge >= 0.3 is 16.8 Å². The van der Waals surface area contributed by atoms with Crippen LogP contribution in [0.15, 0.2) is 127 Å². The molecule has 168 valence electrons. The summed E-state index contributed by atoms with van der Waals surface area (Å²) >= 11 is 0. The van der Waals surface area contributed by atoms with E-state index in [1.54, 1.807) is 36.4 Å². The second-order valence-corrected chi connectivity index (χ2v) is 7.43. The van der Waals surface area contributed by atoms with Gasteiger partial charge in [-0.1, -0.05) is 127 Å². The van der Waals surface area contributed by atoms with Gasteiger partial charge in [-0.25, -0.2) is 0 Å². The molecule has 0 radical (unpaired) electrons. The monoisotopic (exact) mass is 488 g/mol. The molecule has 0 saturated carbocycles. The van der Waals surface area contributed by atoms with E-state index in [0.29, 0.717) is 0 Å². The molecular weight excluding hydrogens is 467 g/mol. The van der Waals surface area contributed by atoms with Crippen molar-refractivity contribution < 1.29 is 32.1 Å². The standard InChI is InChI=1S/3C10H8O.Co/c3*11-10-7-3-5-8-4-1-2-6-9(8)10;/h3*1-7,11H;/q;;;+3/p-3. The van der Waals surface area contributed by atoms with E-state index in [4.69, 9.17) is 0 Å². The third-order valence-electron chi connectivity index (χ3n) is 5.25. The SMILES string of the molecule is [Co+3].[O-]c1cccc2ccccc12.[O-]c1cccc2ccccc12.[O-]c1cccc2ccccc12. The van der Waals surface area contributed by atoms with Gasteiger partial charge in [0.25, 0.3) is 0 Å². The van der Waals surface area contributed by atoms with Gasteiger partial charge in [-0.15, -0.1) is 17.2 Å². The summed E-state index contributed by atoms with van der Waals surface area (Å²) in [6, 6.07) is 38.7. The van der Waals surface area contributed by atoms with Crippen LogP contribution in [0.5, 0.6) is 17.2 Å². The van der Waals surface area contributed by atoms with E-state index in [9.17, 15) is 15.3 Å². The van der Waals surface area contributed by atoms with Crippen LogP contribution in [0.2, 0.25) is 0 Å². The predicted molar refractivity (Wildman–Crippen MR) is 130 cm³/mol. The molecule has 0 bridgehead atoms. The smallest absolute Gasteiger partial charge is 0.872 e. The minimum Gasteiger partial charge on any atom is -0.872 e. The third-order valence-corrected chi connectivity index (χ3v) is 5.25. The molecule has 0 amide bonds. The molecule has 4 heteroatoms. The van der Waals surface area contributed by atoms with Crippen molar-refractivity contribution in [3.05, 3.63) is 127 Å². The molecule has 0 aliphatic rings. The van der Waals surface area contributed by atoms with Gasteiger partial charge in [0.1, 0.15) is 0 Å². The van der Waals surface area contributed by atoms with Gasteiger partial charge in [0, 0.05) is 0 Å². The fraction of sp³-hybridized carbons (Fsp3) is 0. The van der Waals surface area contributed by atoms with E-state index in [1.807, 2.05) is 91.0 Å². The summed E-state index contributed by atoms with van der Waals surface area (Å²) in [5.41, 5.74) is 0. The van der Waals surface area contributed by atoms with Crippen molar-refractivity contribution in [2.45, 2.75) is 0 Å². The molecule has 0 heterocycles. The summed E-state index contributed by atoms with van der Waals surface area (Å²) in [6.07, 6.45) is 0. The first-order valence-electron chi connectivity index (χ1n) is 10.6. The Balaban J connectivity index is 0.000000141. The first-order chi connectivity index (χ1) is 16.1. The summed E-state index contributed by atoms with van der Waals surface area (Å²) in [4.78, 5) is 0. The van der Waals surface area contributed by atoms with E-state index in [0.717, 1.165) is 32.3 Å². The maximum Gasteiger partial charge on any atom is 3.00 e.